The van der Waals surface area contributed by atoms with E-state index in [2.05, 4.69) is 5.32 Å². The van der Waals surface area contributed by atoms with E-state index in [1.165, 1.54) is 0 Å². The monoisotopic (exact) mass is 217 g/mol. The number of aliphatic carboxylic acids is 1. The third kappa shape index (κ3) is 4.62. The average molecular weight is 217 g/mol. The highest BCUT2D eigenvalue weighted by Gasteiger charge is 2.33. The molecule has 4 heteroatoms. The van der Waals surface area contributed by atoms with Crippen LogP contribution in [0.3, 0.4) is 0 Å². The Balaban J connectivity index is 4.37. The molecular formula is C11H23NO3. The normalized spacial score (nSPS) is 19.3. The maximum Gasteiger partial charge on any atom is 0.323 e. The van der Waals surface area contributed by atoms with E-state index in [4.69, 9.17) is 5.11 Å². The zero-order valence-corrected chi connectivity index (χ0v) is 10.1. The number of carboxylic acids is 1. The third-order valence-corrected chi connectivity index (χ3v) is 2.84. The van der Waals surface area contributed by atoms with Gasteiger partial charge >= 0.3 is 5.97 Å². The fourth-order valence-corrected chi connectivity index (χ4v) is 1.28. The minimum Gasteiger partial charge on any atom is -0.480 e. The first-order valence-corrected chi connectivity index (χ1v) is 5.48. The lowest BCUT2D eigenvalue weighted by molar-refractivity contribution is -0.144. The quantitative estimate of drug-likeness (QED) is 0.602. The van der Waals surface area contributed by atoms with Crippen molar-refractivity contribution < 1.29 is 15.0 Å². The lowest BCUT2D eigenvalue weighted by Gasteiger charge is -2.31. The summed E-state index contributed by atoms with van der Waals surface area (Å²) in [4.78, 5) is 11.1. The molecular weight excluding hydrogens is 194 g/mol. The smallest absolute Gasteiger partial charge is 0.323 e. The molecule has 0 aliphatic rings. The number of carboxylic acid groups (broad SMARTS) is 1. The Morgan fingerprint density at radius 2 is 1.87 bits per heavy atom. The topological polar surface area (TPSA) is 69.6 Å². The van der Waals surface area contributed by atoms with Crippen LogP contribution in [0.15, 0.2) is 0 Å². The van der Waals surface area contributed by atoms with Crippen molar-refractivity contribution in [3.8, 4) is 0 Å². The van der Waals surface area contributed by atoms with E-state index in [9.17, 15) is 9.90 Å². The molecule has 0 rings (SSSR count). The summed E-state index contributed by atoms with van der Waals surface area (Å²) < 4.78 is 0. The SMILES string of the molecule is CCCC(C)(NCC(C)(O)CC)C(=O)O. The molecule has 90 valence electrons. The molecule has 0 aliphatic heterocycles. The summed E-state index contributed by atoms with van der Waals surface area (Å²) in [5.74, 6) is -0.865. The van der Waals surface area contributed by atoms with Gasteiger partial charge in [-0.05, 0) is 26.7 Å². The second-order valence-corrected chi connectivity index (χ2v) is 4.59. The van der Waals surface area contributed by atoms with Gasteiger partial charge in [-0.25, -0.2) is 0 Å². The lowest BCUT2D eigenvalue weighted by Crippen LogP contribution is -2.54. The fraction of sp³-hybridized carbons (Fsp3) is 0.909. The second-order valence-electron chi connectivity index (χ2n) is 4.59. The maximum atomic E-state index is 11.1. The first-order valence-electron chi connectivity index (χ1n) is 5.48. The predicted molar refractivity (Wildman–Crippen MR) is 59.9 cm³/mol. The number of aliphatic hydroxyl groups is 1. The van der Waals surface area contributed by atoms with Crippen LogP contribution in [-0.4, -0.2) is 33.9 Å². The first-order chi connectivity index (χ1) is 6.77. The molecule has 0 amide bonds. The second kappa shape index (κ2) is 5.47. The zero-order valence-electron chi connectivity index (χ0n) is 10.1. The van der Waals surface area contributed by atoms with Gasteiger partial charge in [-0.2, -0.15) is 0 Å². The molecule has 0 fully saturated rings. The van der Waals surface area contributed by atoms with Gasteiger partial charge in [-0.15, -0.1) is 0 Å². The number of hydrogen-bond donors (Lipinski definition) is 3. The summed E-state index contributed by atoms with van der Waals surface area (Å²) in [5, 5.41) is 21.8. The molecule has 3 N–H and O–H groups in total. The van der Waals surface area contributed by atoms with Gasteiger partial charge in [-0.1, -0.05) is 20.3 Å². The average Bonchev–Trinajstić information content (AvgIpc) is 2.15. The van der Waals surface area contributed by atoms with Gasteiger partial charge in [0.25, 0.3) is 0 Å². The van der Waals surface area contributed by atoms with Gasteiger partial charge < -0.3 is 10.2 Å². The molecule has 4 nitrogen and oxygen atoms in total. The molecule has 0 heterocycles. The Kier molecular flexibility index (Phi) is 5.24. The third-order valence-electron chi connectivity index (χ3n) is 2.84. The largest absolute Gasteiger partial charge is 0.480 e. The Morgan fingerprint density at radius 1 is 1.33 bits per heavy atom. The molecule has 0 saturated heterocycles. The Labute approximate surface area is 91.7 Å². The highest BCUT2D eigenvalue weighted by atomic mass is 16.4. The molecule has 0 aromatic carbocycles. The molecule has 0 aliphatic carbocycles. The molecule has 0 saturated carbocycles. The molecule has 2 atom stereocenters. The summed E-state index contributed by atoms with van der Waals surface area (Å²) in [6.07, 6.45) is 1.95. The van der Waals surface area contributed by atoms with E-state index in [1.54, 1.807) is 13.8 Å². The molecule has 0 aromatic heterocycles. The van der Waals surface area contributed by atoms with E-state index in [0.29, 0.717) is 19.4 Å². The van der Waals surface area contributed by atoms with Crippen molar-refractivity contribution in [3.63, 3.8) is 0 Å². The number of β-amino-alcohol motifs (C(OH)–C–C–N with tert-alkyl or cyclic N) is 1. The fourth-order valence-electron chi connectivity index (χ4n) is 1.28. The molecule has 0 spiro atoms. The van der Waals surface area contributed by atoms with Crippen LogP contribution in [0, 0.1) is 0 Å². The summed E-state index contributed by atoms with van der Waals surface area (Å²) in [7, 11) is 0. The van der Waals surface area contributed by atoms with Crippen LogP contribution in [0.25, 0.3) is 0 Å². The van der Waals surface area contributed by atoms with Gasteiger partial charge in [0.05, 0.1) is 5.60 Å². The van der Waals surface area contributed by atoms with Crippen molar-refractivity contribution in [2.75, 3.05) is 6.54 Å². The van der Waals surface area contributed by atoms with Crippen LogP contribution in [0.4, 0.5) is 0 Å². The van der Waals surface area contributed by atoms with Crippen LogP contribution in [0.2, 0.25) is 0 Å². The van der Waals surface area contributed by atoms with Crippen LogP contribution < -0.4 is 5.32 Å². The minimum absolute atomic E-state index is 0.298. The Hall–Kier alpha value is -0.610. The molecule has 2 unspecified atom stereocenters. The van der Waals surface area contributed by atoms with Crippen molar-refractivity contribution >= 4 is 5.97 Å². The molecule has 0 radical (unpaired) electrons. The minimum atomic E-state index is -0.937. The highest BCUT2D eigenvalue weighted by molar-refractivity contribution is 5.78. The van der Waals surface area contributed by atoms with E-state index in [0.717, 1.165) is 6.42 Å². The number of hydrogen-bond acceptors (Lipinski definition) is 3. The predicted octanol–water partition coefficient (Wildman–Crippen LogP) is 1.38. The van der Waals surface area contributed by atoms with Gasteiger partial charge in [0.2, 0.25) is 0 Å². The van der Waals surface area contributed by atoms with E-state index in [-0.39, 0.29) is 0 Å². The highest BCUT2D eigenvalue weighted by Crippen LogP contribution is 2.15. The van der Waals surface area contributed by atoms with Crippen LogP contribution in [-0.2, 0) is 4.79 Å². The van der Waals surface area contributed by atoms with Crippen molar-refractivity contribution in [1.29, 1.82) is 0 Å². The Morgan fingerprint density at radius 3 is 2.20 bits per heavy atom. The van der Waals surface area contributed by atoms with E-state index in [1.807, 2.05) is 13.8 Å². The number of carbonyl (C=O) groups is 1. The maximum absolute atomic E-state index is 11.1. The van der Waals surface area contributed by atoms with Crippen molar-refractivity contribution in [2.45, 2.75) is 58.1 Å². The summed E-state index contributed by atoms with van der Waals surface area (Å²) >= 11 is 0. The number of nitrogens with one attached hydrogen (secondary N) is 1. The molecule has 0 bridgehead atoms. The summed E-state index contributed by atoms with van der Waals surface area (Å²) in [6, 6.07) is 0. The van der Waals surface area contributed by atoms with Crippen LogP contribution in [0.1, 0.15) is 47.0 Å². The first kappa shape index (κ1) is 14.4. The zero-order chi connectivity index (χ0) is 12.1. The standard InChI is InChI=1S/C11H23NO3/c1-5-7-11(4,9(13)14)12-8-10(3,15)6-2/h12,15H,5-8H2,1-4H3,(H,13,14). The van der Waals surface area contributed by atoms with Gasteiger partial charge in [0.1, 0.15) is 5.54 Å². The van der Waals surface area contributed by atoms with Crippen LogP contribution >= 0.6 is 0 Å². The number of rotatable bonds is 7. The van der Waals surface area contributed by atoms with Crippen molar-refractivity contribution in [3.05, 3.63) is 0 Å². The van der Waals surface area contributed by atoms with Gasteiger partial charge in [-0.3, -0.25) is 10.1 Å². The Bertz CT molecular complexity index is 216. The summed E-state index contributed by atoms with van der Waals surface area (Å²) in [6.45, 7) is 7.48. The van der Waals surface area contributed by atoms with E-state index < -0.39 is 17.1 Å². The molecule has 15 heavy (non-hydrogen) atoms. The summed E-state index contributed by atoms with van der Waals surface area (Å²) in [5.41, 5.74) is -1.78. The van der Waals surface area contributed by atoms with Crippen LogP contribution in [0.5, 0.6) is 0 Å². The van der Waals surface area contributed by atoms with Gasteiger partial charge in [0, 0.05) is 6.54 Å². The van der Waals surface area contributed by atoms with Crippen molar-refractivity contribution in [2.24, 2.45) is 0 Å². The van der Waals surface area contributed by atoms with Crippen molar-refractivity contribution in [1.82, 2.24) is 5.32 Å². The van der Waals surface area contributed by atoms with E-state index >= 15 is 0 Å². The van der Waals surface area contributed by atoms with Gasteiger partial charge in [0.15, 0.2) is 0 Å². The molecule has 0 aromatic rings. The lowest BCUT2D eigenvalue weighted by atomic mass is 9.94.